The molecule has 0 aromatic heterocycles. The molecule has 1 aliphatic carbocycles. The summed E-state index contributed by atoms with van der Waals surface area (Å²) >= 11 is 0. The molecule has 2 aromatic rings. The maximum atomic E-state index is 12.4. The van der Waals surface area contributed by atoms with Crippen LogP contribution in [0.1, 0.15) is 54.9 Å². The smallest absolute Gasteiger partial charge is 0.434 e. The van der Waals surface area contributed by atoms with Gasteiger partial charge in [-0.15, -0.1) is 0 Å². The van der Waals surface area contributed by atoms with Crippen LogP contribution in [0.4, 0.5) is 10.5 Å². The molecular formula is C24H28N2O5. The van der Waals surface area contributed by atoms with E-state index in [-0.39, 0.29) is 24.3 Å². The highest BCUT2D eigenvalue weighted by atomic mass is 16.7. The molecule has 3 rings (SSSR count). The SMILES string of the molecule is CCOC(=O)Oc1ccc(C(=O)Nc2ccc(CNC(=O)C3CCCCC3)cc2)cc1. The average Bonchev–Trinajstić information content (AvgIpc) is 2.79. The number of hydrogen-bond donors (Lipinski definition) is 2. The maximum absolute atomic E-state index is 12.4. The van der Waals surface area contributed by atoms with Gasteiger partial charge in [-0.2, -0.15) is 0 Å². The van der Waals surface area contributed by atoms with Gasteiger partial charge >= 0.3 is 6.16 Å². The number of hydrogen-bond acceptors (Lipinski definition) is 5. The van der Waals surface area contributed by atoms with Crippen LogP contribution in [0.3, 0.4) is 0 Å². The topological polar surface area (TPSA) is 93.7 Å². The molecule has 2 aromatic carbocycles. The molecule has 1 fully saturated rings. The fourth-order valence-electron chi connectivity index (χ4n) is 3.53. The molecule has 1 saturated carbocycles. The van der Waals surface area contributed by atoms with E-state index in [2.05, 4.69) is 10.6 Å². The van der Waals surface area contributed by atoms with E-state index >= 15 is 0 Å². The average molecular weight is 424 g/mol. The van der Waals surface area contributed by atoms with E-state index in [0.29, 0.717) is 23.5 Å². The Bertz CT molecular complexity index is 887. The summed E-state index contributed by atoms with van der Waals surface area (Å²) in [6.45, 7) is 2.39. The van der Waals surface area contributed by atoms with Crippen molar-refractivity contribution >= 4 is 23.7 Å². The number of anilines is 1. The quantitative estimate of drug-likeness (QED) is 0.498. The zero-order chi connectivity index (χ0) is 22.1. The highest BCUT2D eigenvalue weighted by Gasteiger charge is 2.20. The molecule has 2 amide bonds. The molecule has 7 nitrogen and oxygen atoms in total. The third-order valence-corrected chi connectivity index (χ3v) is 5.23. The van der Waals surface area contributed by atoms with Crippen molar-refractivity contribution in [2.75, 3.05) is 11.9 Å². The summed E-state index contributed by atoms with van der Waals surface area (Å²) in [5.74, 6) is 0.296. The van der Waals surface area contributed by atoms with Gasteiger partial charge in [0, 0.05) is 23.7 Å². The van der Waals surface area contributed by atoms with E-state index in [0.717, 1.165) is 31.2 Å². The van der Waals surface area contributed by atoms with Gasteiger partial charge in [0.15, 0.2) is 0 Å². The van der Waals surface area contributed by atoms with Crippen LogP contribution in [-0.2, 0) is 16.1 Å². The van der Waals surface area contributed by atoms with Crippen LogP contribution in [0.15, 0.2) is 48.5 Å². The molecule has 0 aliphatic heterocycles. The Hall–Kier alpha value is -3.35. The first-order valence-corrected chi connectivity index (χ1v) is 10.7. The van der Waals surface area contributed by atoms with Gasteiger partial charge in [0.1, 0.15) is 5.75 Å². The molecule has 0 unspecified atom stereocenters. The summed E-state index contributed by atoms with van der Waals surface area (Å²) in [4.78, 5) is 36.0. The third kappa shape index (κ3) is 6.84. The van der Waals surface area contributed by atoms with Crippen molar-refractivity contribution in [2.45, 2.75) is 45.6 Å². The lowest BCUT2D eigenvalue weighted by Crippen LogP contribution is -2.31. The van der Waals surface area contributed by atoms with Crippen molar-refractivity contribution in [3.05, 3.63) is 59.7 Å². The van der Waals surface area contributed by atoms with Crippen LogP contribution in [0.5, 0.6) is 5.75 Å². The van der Waals surface area contributed by atoms with Gasteiger partial charge < -0.3 is 20.1 Å². The van der Waals surface area contributed by atoms with E-state index in [4.69, 9.17) is 9.47 Å². The minimum absolute atomic E-state index is 0.132. The Morgan fingerprint density at radius 1 is 0.935 bits per heavy atom. The van der Waals surface area contributed by atoms with Crippen molar-refractivity contribution < 1.29 is 23.9 Å². The summed E-state index contributed by atoms with van der Waals surface area (Å²) < 4.78 is 9.69. The number of carbonyl (C=O) groups excluding carboxylic acids is 3. The van der Waals surface area contributed by atoms with Crippen molar-refractivity contribution in [3.8, 4) is 5.75 Å². The van der Waals surface area contributed by atoms with Crippen LogP contribution in [-0.4, -0.2) is 24.6 Å². The zero-order valence-electron chi connectivity index (χ0n) is 17.7. The molecule has 31 heavy (non-hydrogen) atoms. The molecule has 7 heteroatoms. The number of nitrogens with one attached hydrogen (secondary N) is 2. The van der Waals surface area contributed by atoms with Crippen molar-refractivity contribution in [3.63, 3.8) is 0 Å². The molecule has 0 radical (unpaired) electrons. The summed E-state index contributed by atoms with van der Waals surface area (Å²) in [6.07, 6.45) is 4.66. The second-order valence-electron chi connectivity index (χ2n) is 7.51. The monoisotopic (exact) mass is 424 g/mol. The van der Waals surface area contributed by atoms with Crippen molar-refractivity contribution in [2.24, 2.45) is 5.92 Å². The molecule has 0 atom stereocenters. The number of rotatable bonds is 7. The molecule has 0 spiro atoms. The number of amides is 2. The van der Waals surface area contributed by atoms with Crippen LogP contribution in [0.25, 0.3) is 0 Å². The molecule has 0 heterocycles. The van der Waals surface area contributed by atoms with E-state index < -0.39 is 6.16 Å². The van der Waals surface area contributed by atoms with Crippen LogP contribution in [0.2, 0.25) is 0 Å². The molecule has 0 saturated heterocycles. The molecule has 164 valence electrons. The number of benzene rings is 2. The molecule has 0 bridgehead atoms. The summed E-state index contributed by atoms with van der Waals surface area (Å²) in [5.41, 5.74) is 2.06. The first kappa shape index (κ1) is 22.3. The standard InChI is InChI=1S/C24H28N2O5/c1-2-30-24(29)31-21-14-10-19(11-15-21)23(28)26-20-12-8-17(9-13-20)16-25-22(27)18-6-4-3-5-7-18/h8-15,18H,2-7,16H2,1H3,(H,25,27)(H,26,28). The summed E-state index contributed by atoms with van der Waals surface area (Å²) in [6, 6.07) is 13.6. The van der Waals surface area contributed by atoms with Gasteiger partial charge in [-0.05, 0) is 61.7 Å². The third-order valence-electron chi connectivity index (χ3n) is 5.23. The predicted molar refractivity (Wildman–Crippen MR) is 117 cm³/mol. The minimum atomic E-state index is -0.783. The largest absolute Gasteiger partial charge is 0.513 e. The highest BCUT2D eigenvalue weighted by Crippen LogP contribution is 2.23. The molecular weight excluding hydrogens is 396 g/mol. The maximum Gasteiger partial charge on any atom is 0.513 e. The normalized spacial score (nSPS) is 13.8. The van der Waals surface area contributed by atoms with Gasteiger partial charge in [0.05, 0.1) is 6.61 Å². The summed E-state index contributed by atoms with van der Waals surface area (Å²) in [7, 11) is 0. The lowest BCUT2D eigenvalue weighted by atomic mass is 9.88. The van der Waals surface area contributed by atoms with Gasteiger partial charge in [0.2, 0.25) is 5.91 Å². The highest BCUT2D eigenvalue weighted by molar-refractivity contribution is 6.04. The van der Waals surface area contributed by atoms with E-state index in [1.165, 1.54) is 18.6 Å². The Morgan fingerprint density at radius 3 is 2.26 bits per heavy atom. The number of carbonyl (C=O) groups is 3. The first-order chi connectivity index (χ1) is 15.0. The predicted octanol–water partition coefficient (Wildman–Crippen LogP) is 4.67. The fourth-order valence-corrected chi connectivity index (χ4v) is 3.53. The lowest BCUT2D eigenvalue weighted by Gasteiger charge is -2.20. The Kier molecular flexibility index (Phi) is 8.04. The molecule has 2 N–H and O–H groups in total. The van der Waals surface area contributed by atoms with Crippen LogP contribution in [0, 0.1) is 5.92 Å². The van der Waals surface area contributed by atoms with Crippen molar-refractivity contribution in [1.29, 1.82) is 0 Å². The number of ether oxygens (including phenoxy) is 2. The van der Waals surface area contributed by atoms with Gasteiger partial charge in [-0.1, -0.05) is 31.4 Å². The first-order valence-electron chi connectivity index (χ1n) is 10.7. The molecule has 1 aliphatic rings. The Balaban J connectivity index is 1.48. The van der Waals surface area contributed by atoms with E-state index in [1.807, 2.05) is 12.1 Å². The second kappa shape index (κ2) is 11.2. The fraction of sp³-hybridized carbons (Fsp3) is 0.375. The minimum Gasteiger partial charge on any atom is -0.434 e. The summed E-state index contributed by atoms with van der Waals surface area (Å²) in [5, 5.41) is 5.83. The Morgan fingerprint density at radius 2 is 1.61 bits per heavy atom. The van der Waals surface area contributed by atoms with E-state index in [1.54, 1.807) is 31.2 Å². The zero-order valence-corrected chi connectivity index (χ0v) is 17.7. The van der Waals surface area contributed by atoms with Crippen LogP contribution < -0.4 is 15.4 Å². The van der Waals surface area contributed by atoms with Gasteiger partial charge in [-0.3, -0.25) is 9.59 Å². The van der Waals surface area contributed by atoms with Gasteiger partial charge in [0.25, 0.3) is 5.91 Å². The Labute approximate surface area is 182 Å². The van der Waals surface area contributed by atoms with Crippen LogP contribution >= 0.6 is 0 Å². The lowest BCUT2D eigenvalue weighted by molar-refractivity contribution is -0.126. The second-order valence-corrected chi connectivity index (χ2v) is 7.51. The van der Waals surface area contributed by atoms with E-state index in [9.17, 15) is 14.4 Å². The van der Waals surface area contributed by atoms with Gasteiger partial charge in [-0.25, -0.2) is 4.79 Å². The van der Waals surface area contributed by atoms with Crippen molar-refractivity contribution in [1.82, 2.24) is 5.32 Å².